The average Bonchev–Trinajstić information content (AvgIpc) is 3.29. The van der Waals surface area contributed by atoms with Crippen LogP contribution in [0.3, 0.4) is 0 Å². The van der Waals surface area contributed by atoms with E-state index in [1.807, 2.05) is 19.2 Å². The zero-order valence-electron chi connectivity index (χ0n) is 15.6. The molecular weight excluding hydrogens is 426 g/mol. The van der Waals surface area contributed by atoms with Gasteiger partial charge in [-0.25, -0.2) is 15.0 Å². The van der Waals surface area contributed by atoms with E-state index >= 15 is 0 Å². The van der Waals surface area contributed by atoms with Crippen molar-refractivity contribution in [3.8, 4) is 10.6 Å². The number of anilines is 3. The standard InChI is InChI=1S/C20H16ClN5OS2/c1-11-18(29-12(2)23-11)16-10-28-20(25-16)26-17-8-3-13(9-22-17)19(27)24-15-6-4-14(21)5-7-15/h3-10H,1-2H3,(H,24,27)(H,22,25,26). The van der Waals surface area contributed by atoms with E-state index in [0.717, 1.165) is 26.4 Å². The summed E-state index contributed by atoms with van der Waals surface area (Å²) >= 11 is 8.99. The third-order valence-corrected chi connectivity index (χ3v) is 6.11. The molecule has 0 fully saturated rings. The molecule has 1 aromatic carbocycles. The first-order valence-corrected chi connectivity index (χ1v) is 10.8. The van der Waals surface area contributed by atoms with Gasteiger partial charge in [0.1, 0.15) is 5.82 Å². The molecule has 0 radical (unpaired) electrons. The highest BCUT2D eigenvalue weighted by atomic mass is 35.5. The first-order valence-electron chi connectivity index (χ1n) is 8.68. The van der Waals surface area contributed by atoms with Crippen molar-refractivity contribution in [1.29, 1.82) is 0 Å². The Morgan fingerprint density at radius 2 is 1.86 bits per heavy atom. The monoisotopic (exact) mass is 441 g/mol. The van der Waals surface area contributed by atoms with Crippen LogP contribution in [0.1, 0.15) is 21.1 Å². The van der Waals surface area contributed by atoms with E-state index in [0.29, 0.717) is 22.1 Å². The van der Waals surface area contributed by atoms with Crippen LogP contribution in [0.4, 0.5) is 16.6 Å². The van der Waals surface area contributed by atoms with E-state index in [1.165, 1.54) is 17.5 Å². The highest BCUT2D eigenvalue weighted by Crippen LogP contribution is 2.32. The summed E-state index contributed by atoms with van der Waals surface area (Å²) in [7, 11) is 0. The molecule has 0 unspecified atom stereocenters. The van der Waals surface area contributed by atoms with Gasteiger partial charge >= 0.3 is 0 Å². The van der Waals surface area contributed by atoms with Crippen LogP contribution in [0.25, 0.3) is 10.6 Å². The quantitative estimate of drug-likeness (QED) is 0.401. The molecule has 2 N–H and O–H groups in total. The normalized spacial score (nSPS) is 10.7. The number of thiazole rings is 2. The number of halogens is 1. The summed E-state index contributed by atoms with van der Waals surface area (Å²) in [4.78, 5) is 26.8. The molecule has 29 heavy (non-hydrogen) atoms. The Balaban J connectivity index is 1.42. The van der Waals surface area contributed by atoms with Crippen LogP contribution in [0.5, 0.6) is 0 Å². The third-order valence-electron chi connectivity index (χ3n) is 4.00. The van der Waals surface area contributed by atoms with E-state index in [-0.39, 0.29) is 5.91 Å². The molecular formula is C20H16ClN5OS2. The second-order valence-electron chi connectivity index (χ2n) is 6.20. The fourth-order valence-electron chi connectivity index (χ4n) is 2.65. The molecule has 0 spiro atoms. The molecule has 9 heteroatoms. The number of hydrogen-bond acceptors (Lipinski definition) is 7. The molecule has 0 aliphatic heterocycles. The summed E-state index contributed by atoms with van der Waals surface area (Å²) in [5.74, 6) is 0.380. The number of rotatable bonds is 5. The van der Waals surface area contributed by atoms with E-state index in [1.54, 1.807) is 47.7 Å². The van der Waals surface area contributed by atoms with Crippen molar-refractivity contribution < 1.29 is 4.79 Å². The number of hydrogen-bond donors (Lipinski definition) is 2. The molecule has 0 aliphatic carbocycles. The lowest BCUT2D eigenvalue weighted by molar-refractivity contribution is 0.102. The van der Waals surface area contributed by atoms with E-state index in [9.17, 15) is 4.79 Å². The Labute approximate surface area is 180 Å². The Bertz CT molecular complexity index is 1150. The SMILES string of the molecule is Cc1nc(C)c(-c2csc(Nc3ccc(C(=O)Nc4ccc(Cl)cc4)cn3)n2)s1. The fraction of sp³-hybridized carbons (Fsp3) is 0.100. The molecule has 3 heterocycles. The zero-order valence-corrected chi connectivity index (χ0v) is 18.0. The van der Waals surface area contributed by atoms with Crippen molar-refractivity contribution in [2.24, 2.45) is 0 Å². The molecule has 6 nitrogen and oxygen atoms in total. The van der Waals surface area contributed by atoms with Crippen LogP contribution < -0.4 is 10.6 Å². The first-order chi connectivity index (χ1) is 14.0. The van der Waals surface area contributed by atoms with Crippen LogP contribution in [0, 0.1) is 13.8 Å². The average molecular weight is 442 g/mol. The maximum Gasteiger partial charge on any atom is 0.257 e. The smallest absolute Gasteiger partial charge is 0.257 e. The number of amides is 1. The van der Waals surface area contributed by atoms with Crippen molar-refractivity contribution in [2.45, 2.75) is 13.8 Å². The fourth-order valence-corrected chi connectivity index (χ4v) is 4.44. The minimum absolute atomic E-state index is 0.237. The number of nitrogens with one attached hydrogen (secondary N) is 2. The number of carbonyl (C=O) groups is 1. The minimum Gasteiger partial charge on any atom is -0.322 e. The molecule has 146 valence electrons. The number of aryl methyl sites for hydroxylation is 2. The van der Waals surface area contributed by atoms with Crippen LogP contribution >= 0.6 is 34.3 Å². The third kappa shape index (κ3) is 4.61. The van der Waals surface area contributed by atoms with Gasteiger partial charge in [-0.1, -0.05) is 11.6 Å². The second-order valence-corrected chi connectivity index (χ2v) is 8.70. The van der Waals surface area contributed by atoms with Gasteiger partial charge in [0.05, 0.1) is 26.8 Å². The zero-order chi connectivity index (χ0) is 20.4. The predicted molar refractivity (Wildman–Crippen MR) is 120 cm³/mol. The lowest BCUT2D eigenvalue weighted by Crippen LogP contribution is -2.12. The Morgan fingerprint density at radius 1 is 1.07 bits per heavy atom. The van der Waals surface area contributed by atoms with Gasteiger partial charge in [0.2, 0.25) is 0 Å². The van der Waals surface area contributed by atoms with Gasteiger partial charge in [-0.15, -0.1) is 22.7 Å². The molecule has 0 saturated carbocycles. The molecule has 0 aliphatic rings. The molecule has 4 aromatic rings. The topological polar surface area (TPSA) is 79.8 Å². The van der Waals surface area contributed by atoms with Crippen molar-refractivity contribution in [3.05, 3.63) is 69.3 Å². The highest BCUT2D eigenvalue weighted by Gasteiger charge is 2.12. The van der Waals surface area contributed by atoms with Crippen LogP contribution in [0.2, 0.25) is 5.02 Å². The van der Waals surface area contributed by atoms with Crippen LogP contribution in [-0.2, 0) is 0 Å². The number of pyridine rings is 1. The second kappa shape index (κ2) is 8.28. The number of nitrogens with zero attached hydrogens (tertiary/aromatic N) is 3. The lowest BCUT2D eigenvalue weighted by Gasteiger charge is -2.06. The Hall–Kier alpha value is -2.81. The molecule has 1 amide bonds. The minimum atomic E-state index is -0.237. The number of aromatic nitrogens is 3. The van der Waals surface area contributed by atoms with Gasteiger partial charge in [0, 0.05) is 22.3 Å². The Morgan fingerprint density at radius 3 is 2.52 bits per heavy atom. The summed E-state index contributed by atoms with van der Waals surface area (Å²) in [5.41, 5.74) is 3.02. The van der Waals surface area contributed by atoms with Gasteiger partial charge in [0.25, 0.3) is 5.91 Å². The van der Waals surface area contributed by atoms with E-state index < -0.39 is 0 Å². The number of benzene rings is 1. The maximum atomic E-state index is 12.3. The Kier molecular flexibility index (Phi) is 5.57. The van der Waals surface area contributed by atoms with E-state index in [2.05, 4.69) is 25.6 Å². The summed E-state index contributed by atoms with van der Waals surface area (Å²) in [6.45, 7) is 3.97. The van der Waals surface area contributed by atoms with E-state index in [4.69, 9.17) is 11.6 Å². The van der Waals surface area contributed by atoms with Crippen molar-refractivity contribution >= 4 is 56.8 Å². The molecule has 3 aromatic heterocycles. The van der Waals surface area contributed by atoms with Crippen molar-refractivity contribution in [2.75, 3.05) is 10.6 Å². The largest absolute Gasteiger partial charge is 0.322 e. The van der Waals surface area contributed by atoms with Gasteiger partial charge in [-0.05, 0) is 50.2 Å². The maximum absolute atomic E-state index is 12.3. The summed E-state index contributed by atoms with van der Waals surface area (Å²) in [6, 6.07) is 10.4. The van der Waals surface area contributed by atoms with Gasteiger partial charge in [-0.2, -0.15) is 0 Å². The summed E-state index contributed by atoms with van der Waals surface area (Å²) in [6.07, 6.45) is 1.53. The van der Waals surface area contributed by atoms with Crippen molar-refractivity contribution in [1.82, 2.24) is 15.0 Å². The molecule has 0 bridgehead atoms. The molecule has 0 atom stereocenters. The first kappa shape index (κ1) is 19.5. The van der Waals surface area contributed by atoms with Gasteiger partial charge in [-0.3, -0.25) is 4.79 Å². The predicted octanol–water partition coefficient (Wildman–Crippen LogP) is 5.93. The molecule has 4 rings (SSSR count). The van der Waals surface area contributed by atoms with Crippen LogP contribution in [0.15, 0.2) is 48.0 Å². The highest BCUT2D eigenvalue weighted by molar-refractivity contribution is 7.16. The number of carbonyl (C=O) groups excluding carboxylic acids is 1. The molecule has 0 saturated heterocycles. The van der Waals surface area contributed by atoms with Gasteiger partial charge < -0.3 is 10.6 Å². The van der Waals surface area contributed by atoms with Crippen molar-refractivity contribution in [3.63, 3.8) is 0 Å². The van der Waals surface area contributed by atoms with Gasteiger partial charge in [0.15, 0.2) is 5.13 Å². The summed E-state index contributed by atoms with van der Waals surface area (Å²) in [5, 5.41) is 10.4. The summed E-state index contributed by atoms with van der Waals surface area (Å²) < 4.78 is 0. The lowest BCUT2D eigenvalue weighted by atomic mass is 10.2. The van der Waals surface area contributed by atoms with Crippen LogP contribution in [-0.4, -0.2) is 20.9 Å².